The van der Waals surface area contributed by atoms with Gasteiger partial charge in [-0.15, -0.1) is 0 Å². The molecule has 0 radical (unpaired) electrons. The second-order valence-corrected chi connectivity index (χ2v) is 5.93. The third kappa shape index (κ3) is 1.98. The number of fused-ring (bicyclic) bond motifs is 3. The lowest BCUT2D eigenvalue weighted by Gasteiger charge is -2.21. The van der Waals surface area contributed by atoms with Gasteiger partial charge in [0, 0.05) is 23.7 Å². The van der Waals surface area contributed by atoms with Gasteiger partial charge in [-0.05, 0) is 42.2 Å². The Hall–Kier alpha value is -1.87. The lowest BCUT2D eigenvalue weighted by molar-refractivity contribution is 0.0931. The van der Waals surface area contributed by atoms with Crippen molar-refractivity contribution in [1.82, 2.24) is 10.6 Å². The van der Waals surface area contributed by atoms with Crippen LogP contribution in [0.3, 0.4) is 0 Å². The Morgan fingerprint density at radius 1 is 1.10 bits per heavy atom. The summed E-state index contributed by atoms with van der Waals surface area (Å²) in [6.45, 7) is 0. The highest BCUT2D eigenvalue weighted by Gasteiger charge is 2.39. The minimum Gasteiger partial charge on any atom is -0.348 e. The van der Waals surface area contributed by atoms with E-state index in [9.17, 15) is 4.79 Å². The Morgan fingerprint density at radius 3 is 2.70 bits per heavy atom. The van der Waals surface area contributed by atoms with Crippen molar-refractivity contribution >= 4 is 16.7 Å². The standard InChI is InChI=1S/C17H18N2O/c20-17(19-16-10-14-7-8-15(16)18-14)13-6-5-11-3-1-2-4-12(11)9-13/h1-6,9,14-16,18H,7-8,10H2,(H,19,20)/t14-,15+,16-/m1/s1. The molecular weight excluding hydrogens is 248 g/mol. The van der Waals surface area contributed by atoms with E-state index in [2.05, 4.69) is 16.7 Å². The van der Waals surface area contributed by atoms with Crippen LogP contribution in [0.5, 0.6) is 0 Å². The summed E-state index contributed by atoms with van der Waals surface area (Å²) in [6, 6.07) is 15.4. The highest BCUT2D eigenvalue weighted by molar-refractivity contribution is 5.98. The molecule has 0 aromatic heterocycles. The lowest BCUT2D eigenvalue weighted by atomic mass is 9.95. The van der Waals surface area contributed by atoms with Crippen LogP contribution < -0.4 is 10.6 Å². The lowest BCUT2D eigenvalue weighted by Crippen LogP contribution is -2.42. The molecule has 3 nitrogen and oxygen atoms in total. The van der Waals surface area contributed by atoms with Gasteiger partial charge in [-0.2, -0.15) is 0 Å². The summed E-state index contributed by atoms with van der Waals surface area (Å²) >= 11 is 0. The van der Waals surface area contributed by atoms with E-state index >= 15 is 0 Å². The first-order chi connectivity index (χ1) is 9.79. The summed E-state index contributed by atoms with van der Waals surface area (Å²) < 4.78 is 0. The van der Waals surface area contributed by atoms with E-state index in [0.717, 1.165) is 17.4 Å². The van der Waals surface area contributed by atoms with Crippen LogP contribution in [0.25, 0.3) is 10.8 Å². The van der Waals surface area contributed by atoms with Crippen molar-refractivity contribution in [3.05, 3.63) is 48.0 Å². The molecule has 2 heterocycles. The summed E-state index contributed by atoms with van der Waals surface area (Å²) in [4.78, 5) is 12.4. The fourth-order valence-corrected chi connectivity index (χ4v) is 3.57. The van der Waals surface area contributed by atoms with Gasteiger partial charge in [-0.1, -0.05) is 30.3 Å². The molecule has 0 aliphatic carbocycles. The predicted octanol–water partition coefficient (Wildman–Crippen LogP) is 2.46. The number of carbonyl (C=O) groups excluding carboxylic acids is 1. The topological polar surface area (TPSA) is 41.1 Å². The highest BCUT2D eigenvalue weighted by Crippen LogP contribution is 2.28. The number of hydrogen-bond donors (Lipinski definition) is 2. The molecule has 2 saturated heterocycles. The van der Waals surface area contributed by atoms with Crippen molar-refractivity contribution in [3.63, 3.8) is 0 Å². The molecule has 2 bridgehead atoms. The fourth-order valence-electron chi connectivity index (χ4n) is 3.57. The molecule has 3 atom stereocenters. The zero-order chi connectivity index (χ0) is 13.5. The maximum Gasteiger partial charge on any atom is 0.251 e. The van der Waals surface area contributed by atoms with Gasteiger partial charge in [0.15, 0.2) is 0 Å². The Morgan fingerprint density at radius 2 is 1.95 bits per heavy atom. The summed E-state index contributed by atoms with van der Waals surface area (Å²) in [5.41, 5.74) is 0.756. The average Bonchev–Trinajstić information content (AvgIpc) is 3.09. The van der Waals surface area contributed by atoms with Crippen LogP contribution >= 0.6 is 0 Å². The second kappa shape index (κ2) is 4.60. The zero-order valence-electron chi connectivity index (χ0n) is 11.3. The Balaban J connectivity index is 1.54. The molecule has 2 N–H and O–H groups in total. The smallest absolute Gasteiger partial charge is 0.251 e. The first kappa shape index (κ1) is 11.9. The number of rotatable bonds is 2. The van der Waals surface area contributed by atoms with E-state index in [0.29, 0.717) is 18.1 Å². The van der Waals surface area contributed by atoms with Crippen LogP contribution in [0.1, 0.15) is 29.6 Å². The molecule has 102 valence electrons. The van der Waals surface area contributed by atoms with E-state index in [-0.39, 0.29) is 5.91 Å². The number of amides is 1. The molecule has 2 aromatic carbocycles. The quantitative estimate of drug-likeness (QED) is 0.876. The van der Waals surface area contributed by atoms with Crippen LogP contribution in [0.2, 0.25) is 0 Å². The molecule has 2 aliphatic rings. The number of benzene rings is 2. The Labute approximate surface area is 118 Å². The molecule has 20 heavy (non-hydrogen) atoms. The van der Waals surface area contributed by atoms with Crippen LogP contribution in [-0.4, -0.2) is 24.0 Å². The van der Waals surface area contributed by atoms with E-state index in [1.165, 1.54) is 18.2 Å². The van der Waals surface area contributed by atoms with Gasteiger partial charge in [0.25, 0.3) is 5.91 Å². The van der Waals surface area contributed by atoms with Gasteiger partial charge in [0.2, 0.25) is 0 Å². The van der Waals surface area contributed by atoms with Crippen LogP contribution in [-0.2, 0) is 0 Å². The number of hydrogen-bond acceptors (Lipinski definition) is 2. The van der Waals surface area contributed by atoms with Crippen molar-refractivity contribution < 1.29 is 4.79 Å². The second-order valence-electron chi connectivity index (χ2n) is 5.93. The van der Waals surface area contributed by atoms with Gasteiger partial charge in [-0.25, -0.2) is 0 Å². The average molecular weight is 266 g/mol. The van der Waals surface area contributed by atoms with Crippen molar-refractivity contribution in [2.75, 3.05) is 0 Å². The van der Waals surface area contributed by atoms with Crippen molar-refractivity contribution in [2.45, 2.75) is 37.4 Å². The predicted molar refractivity (Wildman–Crippen MR) is 79.8 cm³/mol. The third-order valence-electron chi connectivity index (χ3n) is 4.63. The molecule has 2 aliphatic heterocycles. The zero-order valence-corrected chi connectivity index (χ0v) is 11.3. The first-order valence-corrected chi connectivity index (χ1v) is 7.35. The summed E-state index contributed by atoms with van der Waals surface area (Å²) in [7, 11) is 0. The van der Waals surface area contributed by atoms with E-state index in [1.54, 1.807) is 0 Å². The molecule has 1 amide bonds. The van der Waals surface area contributed by atoms with E-state index < -0.39 is 0 Å². The molecule has 0 spiro atoms. The van der Waals surface area contributed by atoms with Crippen LogP contribution in [0.4, 0.5) is 0 Å². The molecule has 0 unspecified atom stereocenters. The summed E-state index contributed by atoms with van der Waals surface area (Å²) in [6.07, 6.45) is 3.52. The maximum absolute atomic E-state index is 12.4. The number of nitrogens with one attached hydrogen (secondary N) is 2. The number of carbonyl (C=O) groups is 1. The van der Waals surface area contributed by atoms with Crippen LogP contribution in [0, 0.1) is 0 Å². The summed E-state index contributed by atoms with van der Waals surface area (Å²) in [5.74, 6) is 0.0510. The Kier molecular flexibility index (Phi) is 2.74. The van der Waals surface area contributed by atoms with E-state index in [4.69, 9.17) is 0 Å². The fraction of sp³-hybridized carbons (Fsp3) is 0.353. The normalized spacial score (nSPS) is 27.9. The van der Waals surface area contributed by atoms with Crippen LogP contribution in [0.15, 0.2) is 42.5 Å². The maximum atomic E-state index is 12.4. The molecule has 2 aromatic rings. The van der Waals surface area contributed by atoms with Crippen molar-refractivity contribution in [1.29, 1.82) is 0 Å². The minimum absolute atomic E-state index is 0.0510. The van der Waals surface area contributed by atoms with Gasteiger partial charge in [0.05, 0.1) is 0 Å². The van der Waals surface area contributed by atoms with Crippen molar-refractivity contribution in [2.24, 2.45) is 0 Å². The largest absolute Gasteiger partial charge is 0.348 e. The van der Waals surface area contributed by atoms with Crippen molar-refractivity contribution in [3.8, 4) is 0 Å². The monoisotopic (exact) mass is 266 g/mol. The van der Waals surface area contributed by atoms with Gasteiger partial charge in [-0.3, -0.25) is 4.79 Å². The van der Waals surface area contributed by atoms with Gasteiger partial charge < -0.3 is 10.6 Å². The molecular formula is C17H18N2O. The van der Waals surface area contributed by atoms with Gasteiger partial charge >= 0.3 is 0 Å². The molecule has 0 saturated carbocycles. The third-order valence-corrected chi connectivity index (χ3v) is 4.63. The highest BCUT2D eigenvalue weighted by atomic mass is 16.1. The molecule has 3 heteroatoms. The van der Waals surface area contributed by atoms with Gasteiger partial charge in [0.1, 0.15) is 0 Å². The Bertz CT molecular complexity index is 667. The van der Waals surface area contributed by atoms with E-state index in [1.807, 2.05) is 36.4 Å². The first-order valence-electron chi connectivity index (χ1n) is 7.35. The SMILES string of the molecule is O=C(N[C@@H]1C[C@H]2CC[C@@H]1N2)c1ccc2ccccc2c1. The summed E-state index contributed by atoms with van der Waals surface area (Å²) in [5, 5.41) is 9.03. The molecule has 2 fully saturated rings. The molecule has 4 rings (SSSR count). The minimum atomic E-state index is 0.0510.